The molecule has 0 atom stereocenters. The number of amides is 1. The maximum atomic E-state index is 12.5. The smallest absolute Gasteiger partial charge is 0.226 e. The first-order valence-electron chi connectivity index (χ1n) is 9.99. The zero-order valence-electron chi connectivity index (χ0n) is 18.5. The second kappa shape index (κ2) is 12.4. The number of allylic oxidation sites excluding steroid dienone is 2. The lowest BCUT2D eigenvalue weighted by Gasteiger charge is -2.23. The van der Waals surface area contributed by atoms with E-state index in [2.05, 4.69) is 26.5 Å². The number of hydrogen-bond donors (Lipinski definition) is 2. The van der Waals surface area contributed by atoms with Gasteiger partial charge in [0.05, 0.1) is 45.3 Å². The third-order valence-electron chi connectivity index (χ3n) is 4.73. The molecule has 1 saturated heterocycles. The molecule has 1 aromatic rings. The fourth-order valence-corrected chi connectivity index (χ4v) is 3.16. The normalized spacial score (nSPS) is 15.4. The van der Waals surface area contributed by atoms with Crippen LogP contribution in [0.15, 0.2) is 29.6 Å². The minimum absolute atomic E-state index is 0.0914. The topological polar surface area (TPSA) is 104 Å². The molecule has 1 aliphatic rings. The fraction of sp³-hybridized carbons (Fsp3) is 0.500. The van der Waals surface area contributed by atoms with Crippen molar-refractivity contribution in [2.24, 2.45) is 0 Å². The molecular weight excluding hydrogens is 400 g/mol. The van der Waals surface area contributed by atoms with Crippen molar-refractivity contribution in [1.29, 1.82) is 0 Å². The van der Waals surface area contributed by atoms with Crippen molar-refractivity contribution < 1.29 is 23.7 Å². The molecule has 1 fully saturated rings. The largest absolute Gasteiger partial charge is 0.493 e. The lowest BCUT2D eigenvalue weighted by Crippen LogP contribution is -2.39. The van der Waals surface area contributed by atoms with Gasteiger partial charge in [-0.05, 0) is 24.8 Å². The molecule has 168 valence electrons. The molecule has 9 heteroatoms. The van der Waals surface area contributed by atoms with Crippen LogP contribution in [0.3, 0.4) is 0 Å². The van der Waals surface area contributed by atoms with Gasteiger partial charge in [0.1, 0.15) is 5.82 Å². The van der Waals surface area contributed by atoms with E-state index in [4.69, 9.17) is 25.4 Å². The van der Waals surface area contributed by atoms with Crippen molar-refractivity contribution >= 4 is 11.7 Å². The average molecular weight is 431 g/mol. The van der Waals surface area contributed by atoms with Gasteiger partial charge in [-0.15, -0.1) is 6.42 Å². The summed E-state index contributed by atoms with van der Waals surface area (Å²) in [6.45, 7) is 1.33. The third kappa shape index (κ3) is 6.89. The molecule has 0 aromatic carbocycles. The van der Waals surface area contributed by atoms with Crippen molar-refractivity contribution in [3.05, 3.63) is 40.9 Å². The van der Waals surface area contributed by atoms with Crippen LogP contribution < -0.4 is 10.6 Å². The number of carbonyl (C=O) groups is 1. The lowest BCUT2D eigenvalue weighted by atomic mass is 10.1. The second-order valence-corrected chi connectivity index (χ2v) is 6.73. The number of terminal acetylenes is 1. The predicted molar refractivity (Wildman–Crippen MR) is 116 cm³/mol. The highest BCUT2D eigenvalue weighted by Crippen LogP contribution is 2.18. The quantitative estimate of drug-likeness (QED) is 0.328. The van der Waals surface area contributed by atoms with Crippen molar-refractivity contribution in [2.45, 2.75) is 31.7 Å². The Kier molecular flexibility index (Phi) is 9.65. The molecule has 2 heterocycles. The van der Waals surface area contributed by atoms with Crippen LogP contribution in [0, 0.1) is 12.3 Å². The Balaban J connectivity index is 2.16. The Hall–Kier alpha value is -3.25. The third-order valence-corrected chi connectivity index (χ3v) is 4.73. The fourth-order valence-electron chi connectivity index (χ4n) is 3.16. The number of methoxy groups -OCH3 is 3. The Morgan fingerprint density at radius 2 is 2.03 bits per heavy atom. The zero-order valence-corrected chi connectivity index (χ0v) is 18.5. The first-order chi connectivity index (χ1) is 15.1. The summed E-state index contributed by atoms with van der Waals surface area (Å²) in [5.74, 6) is 3.83. The first-order valence-corrected chi connectivity index (χ1v) is 9.99. The van der Waals surface area contributed by atoms with Crippen molar-refractivity contribution in [3.8, 4) is 12.3 Å². The van der Waals surface area contributed by atoms with E-state index in [1.165, 1.54) is 21.3 Å². The molecule has 1 aromatic heterocycles. The summed E-state index contributed by atoms with van der Waals surface area (Å²) in [5.41, 5.74) is 1.23. The van der Waals surface area contributed by atoms with Crippen molar-refractivity contribution in [2.75, 3.05) is 46.9 Å². The van der Waals surface area contributed by atoms with E-state index < -0.39 is 0 Å². The molecule has 0 radical (unpaired) electrons. The Bertz CT molecular complexity index is 854. The van der Waals surface area contributed by atoms with E-state index in [1.54, 1.807) is 19.3 Å². The standard InChI is InChI=1S/C22H30N4O5/c1-6-18(28-3)21(30-5)19(29-4)8-7-16-14-24-22(23-2)17(25-16)13-20(27)26-15-9-11-31-12-10-15/h1,8,14-15H,7,9-13H2,2-5H3,(H,23,24)(H,26,27)/b19-8+,21-18-. The number of carbonyl (C=O) groups excluding carboxylic acids is 1. The van der Waals surface area contributed by atoms with Crippen LogP contribution in [0.1, 0.15) is 24.2 Å². The minimum atomic E-state index is -0.0914. The van der Waals surface area contributed by atoms with Gasteiger partial charge in [0.25, 0.3) is 0 Å². The molecule has 9 nitrogen and oxygen atoms in total. The minimum Gasteiger partial charge on any atom is -0.493 e. The summed E-state index contributed by atoms with van der Waals surface area (Å²) in [6.07, 6.45) is 11.0. The van der Waals surface area contributed by atoms with Crippen LogP contribution in [0.5, 0.6) is 0 Å². The molecule has 0 spiro atoms. The number of nitrogens with one attached hydrogen (secondary N) is 2. The summed E-state index contributed by atoms with van der Waals surface area (Å²) in [6, 6.07) is 0.132. The molecule has 1 amide bonds. The molecule has 0 unspecified atom stereocenters. The number of nitrogens with zero attached hydrogens (tertiary/aromatic N) is 2. The summed E-state index contributed by atoms with van der Waals surface area (Å²) < 4.78 is 21.2. The molecule has 31 heavy (non-hydrogen) atoms. The number of aromatic nitrogens is 2. The number of rotatable bonds is 10. The summed E-state index contributed by atoms with van der Waals surface area (Å²) in [7, 11) is 6.20. The first kappa shape index (κ1) is 24.0. The highest BCUT2D eigenvalue weighted by Gasteiger charge is 2.18. The van der Waals surface area contributed by atoms with E-state index >= 15 is 0 Å². The van der Waals surface area contributed by atoms with Gasteiger partial charge < -0.3 is 29.6 Å². The van der Waals surface area contributed by atoms with Crippen molar-refractivity contribution in [3.63, 3.8) is 0 Å². The number of ether oxygens (including phenoxy) is 4. The van der Waals surface area contributed by atoms with Gasteiger partial charge in [0.2, 0.25) is 17.4 Å². The highest BCUT2D eigenvalue weighted by molar-refractivity contribution is 5.79. The highest BCUT2D eigenvalue weighted by atomic mass is 16.5. The molecule has 1 aliphatic heterocycles. The van der Waals surface area contributed by atoms with E-state index in [-0.39, 0.29) is 24.1 Å². The van der Waals surface area contributed by atoms with E-state index in [9.17, 15) is 4.79 Å². The van der Waals surface area contributed by atoms with Gasteiger partial charge in [-0.1, -0.05) is 0 Å². The monoisotopic (exact) mass is 430 g/mol. The van der Waals surface area contributed by atoms with Crippen LogP contribution in [0.2, 0.25) is 0 Å². The second-order valence-electron chi connectivity index (χ2n) is 6.73. The summed E-state index contributed by atoms with van der Waals surface area (Å²) >= 11 is 0. The number of hydrogen-bond acceptors (Lipinski definition) is 8. The summed E-state index contributed by atoms with van der Waals surface area (Å²) in [4.78, 5) is 21.5. The SMILES string of the molecule is C#C/C(OC)=C(OC)\C(=C/Cc1cnc(NC)c(CC(=O)NC2CCOCC2)n1)OC. The van der Waals surface area contributed by atoms with Crippen LogP contribution in [0.25, 0.3) is 0 Å². The molecular formula is C22H30N4O5. The van der Waals surface area contributed by atoms with Gasteiger partial charge in [-0.25, -0.2) is 4.98 Å². The molecule has 0 saturated carbocycles. The molecule has 2 N–H and O–H groups in total. The summed E-state index contributed by atoms with van der Waals surface area (Å²) in [5, 5.41) is 6.03. The van der Waals surface area contributed by atoms with Gasteiger partial charge in [-0.2, -0.15) is 0 Å². The van der Waals surface area contributed by atoms with Crippen LogP contribution in [-0.4, -0.2) is 63.5 Å². The van der Waals surface area contributed by atoms with Gasteiger partial charge >= 0.3 is 0 Å². The van der Waals surface area contributed by atoms with Gasteiger partial charge in [0.15, 0.2) is 5.76 Å². The molecule has 0 bridgehead atoms. The molecule has 2 rings (SSSR count). The Morgan fingerprint density at radius 3 is 2.61 bits per heavy atom. The maximum Gasteiger partial charge on any atom is 0.226 e. The average Bonchev–Trinajstić information content (AvgIpc) is 2.79. The predicted octanol–water partition coefficient (Wildman–Crippen LogP) is 1.57. The van der Waals surface area contributed by atoms with Gasteiger partial charge in [-0.3, -0.25) is 9.78 Å². The Labute approximate surface area is 183 Å². The van der Waals surface area contributed by atoms with Crippen LogP contribution in [0.4, 0.5) is 5.82 Å². The van der Waals surface area contributed by atoms with Crippen LogP contribution >= 0.6 is 0 Å². The zero-order chi connectivity index (χ0) is 22.6. The van der Waals surface area contributed by atoms with Crippen molar-refractivity contribution in [1.82, 2.24) is 15.3 Å². The van der Waals surface area contributed by atoms with E-state index in [1.807, 2.05) is 0 Å². The maximum absolute atomic E-state index is 12.5. The van der Waals surface area contributed by atoms with E-state index in [0.717, 1.165) is 12.8 Å². The Morgan fingerprint density at radius 1 is 1.29 bits per heavy atom. The van der Waals surface area contributed by atoms with Gasteiger partial charge in [0, 0.05) is 32.7 Å². The van der Waals surface area contributed by atoms with Crippen LogP contribution in [-0.2, 0) is 36.6 Å². The number of anilines is 1. The van der Waals surface area contributed by atoms with E-state index in [0.29, 0.717) is 48.4 Å². The molecule has 0 aliphatic carbocycles. The lowest BCUT2D eigenvalue weighted by molar-refractivity contribution is -0.121.